The highest BCUT2D eigenvalue weighted by Gasteiger charge is 2.08. The molecule has 0 aliphatic rings. The lowest BCUT2D eigenvalue weighted by Crippen LogP contribution is -2.04. The average Bonchev–Trinajstić information content (AvgIpc) is 2.64. The molecule has 0 aliphatic heterocycles. The van der Waals surface area contributed by atoms with E-state index in [0.29, 0.717) is 16.8 Å². The lowest BCUT2D eigenvalue weighted by molar-refractivity contribution is 0.745. The second-order valence-electron chi connectivity index (χ2n) is 3.66. The predicted octanol–water partition coefficient (Wildman–Crippen LogP) is 3.20. The number of rotatable bonds is 2. The number of aromatic nitrogens is 4. The fraction of sp³-hybridized carbons (Fsp3) is 0.300. The van der Waals surface area contributed by atoms with Crippen LogP contribution >= 0.6 is 27.5 Å². The maximum Gasteiger partial charge on any atom is 0.158 e. The van der Waals surface area contributed by atoms with Gasteiger partial charge in [0.2, 0.25) is 0 Å². The third-order valence-electron chi connectivity index (χ3n) is 2.00. The minimum Gasteiger partial charge on any atom is -0.221 e. The third-order valence-corrected chi connectivity index (χ3v) is 2.60. The minimum atomic E-state index is 0.233. The van der Waals surface area contributed by atoms with Crippen LogP contribution in [0.15, 0.2) is 22.9 Å². The molecule has 2 aromatic heterocycles. The largest absolute Gasteiger partial charge is 0.221 e. The van der Waals surface area contributed by atoms with Gasteiger partial charge in [0.1, 0.15) is 11.0 Å². The summed E-state index contributed by atoms with van der Waals surface area (Å²) >= 11 is 9.28. The lowest BCUT2D eigenvalue weighted by atomic mass is 10.2. The van der Waals surface area contributed by atoms with Crippen molar-refractivity contribution in [1.29, 1.82) is 0 Å². The Balaban J connectivity index is 2.49. The van der Waals surface area contributed by atoms with Crippen molar-refractivity contribution in [3.05, 3.63) is 33.9 Å². The van der Waals surface area contributed by atoms with E-state index in [2.05, 4.69) is 31.0 Å². The second kappa shape index (κ2) is 4.51. The lowest BCUT2D eigenvalue weighted by Gasteiger charge is -2.06. The molecule has 0 N–H and O–H groups in total. The van der Waals surface area contributed by atoms with E-state index in [9.17, 15) is 0 Å². The van der Waals surface area contributed by atoms with Gasteiger partial charge in [0.15, 0.2) is 5.82 Å². The van der Waals surface area contributed by atoms with Gasteiger partial charge in [-0.2, -0.15) is 5.10 Å². The molecule has 0 radical (unpaired) electrons. The Morgan fingerprint density at radius 3 is 2.69 bits per heavy atom. The highest BCUT2D eigenvalue weighted by Crippen LogP contribution is 2.17. The third kappa shape index (κ3) is 2.41. The standard InChI is InChI=1S/C10H10BrClN4/c1-6(2)10-14-8(12)3-9(15-10)16-5-7(11)4-13-16/h3-6H,1-2H3. The van der Waals surface area contributed by atoms with Crippen molar-refractivity contribution in [3.8, 4) is 5.82 Å². The maximum absolute atomic E-state index is 5.95. The van der Waals surface area contributed by atoms with Gasteiger partial charge in [-0.05, 0) is 15.9 Å². The molecule has 0 aromatic carbocycles. The zero-order chi connectivity index (χ0) is 11.7. The van der Waals surface area contributed by atoms with E-state index in [4.69, 9.17) is 11.6 Å². The van der Waals surface area contributed by atoms with Crippen LogP contribution in [0.2, 0.25) is 5.15 Å². The van der Waals surface area contributed by atoms with Crippen LogP contribution in [0, 0.1) is 0 Å². The van der Waals surface area contributed by atoms with E-state index in [-0.39, 0.29) is 5.92 Å². The van der Waals surface area contributed by atoms with Crippen molar-refractivity contribution >= 4 is 27.5 Å². The first kappa shape index (κ1) is 11.5. The zero-order valence-corrected chi connectivity index (χ0v) is 11.2. The second-order valence-corrected chi connectivity index (χ2v) is 4.97. The van der Waals surface area contributed by atoms with Crippen LogP contribution in [-0.4, -0.2) is 19.7 Å². The zero-order valence-electron chi connectivity index (χ0n) is 8.85. The van der Waals surface area contributed by atoms with Crippen molar-refractivity contribution in [2.45, 2.75) is 19.8 Å². The number of halogens is 2. The molecule has 4 nitrogen and oxygen atoms in total. The van der Waals surface area contributed by atoms with E-state index in [1.54, 1.807) is 16.9 Å². The molecule has 0 unspecified atom stereocenters. The van der Waals surface area contributed by atoms with E-state index >= 15 is 0 Å². The fourth-order valence-corrected chi connectivity index (χ4v) is 1.69. The first-order chi connectivity index (χ1) is 7.56. The molecule has 16 heavy (non-hydrogen) atoms. The van der Waals surface area contributed by atoms with Gasteiger partial charge < -0.3 is 0 Å². The highest BCUT2D eigenvalue weighted by molar-refractivity contribution is 9.10. The number of hydrogen-bond donors (Lipinski definition) is 0. The molecule has 0 fully saturated rings. The average molecular weight is 302 g/mol. The molecular weight excluding hydrogens is 291 g/mol. The van der Waals surface area contributed by atoms with Gasteiger partial charge in [-0.1, -0.05) is 25.4 Å². The van der Waals surface area contributed by atoms with E-state index in [1.165, 1.54) is 0 Å². The van der Waals surface area contributed by atoms with Crippen LogP contribution in [-0.2, 0) is 0 Å². The molecule has 0 saturated carbocycles. The first-order valence-electron chi connectivity index (χ1n) is 4.81. The Kier molecular flexibility index (Phi) is 3.25. The molecule has 84 valence electrons. The molecule has 0 bridgehead atoms. The monoisotopic (exact) mass is 300 g/mol. The quantitative estimate of drug-likeness (QED) is 0.800. The summed E-state index contributed by atoms with van der Waals surface area (Å²) < 4.78 is 2.55. The molecule has 0 aliphatic carbocycles. The van der Waals surface area contributed by atoms with E-state index in [1.807, 2.05) is 20.0 Å². The van der Waals surface area contributed by atoms with Gasteiger partial charge in [0.05, 0.1) is 10.7 Å². The fourth-order valence-electron chi connectivity index (χ4n) is 1.22. The molecule has 6 heteroatoms. The number of hydrogen-bond acceptors (Lipinski definition) is 3. The van der Waals surface area contributed by atoms with Crippen molar-refractivity contribution in [3.63, 3.8) is 0 Å². The van der Waals surface area contributed by atoms with Gasteiger partial charge in [-0.15, -0.1) is 0 Å². The topological polar surface area (TPSA) is 43.6 Å². The Bertz CT molecular complexity index is 509. The van der Waals surface area contributed by atoms with Gasteiger partial charge in [-0.25, -0.2) is 14.6 Å². The summed E-state index contributed by atoms with van der Waals surface area (Å²) in [6.07, 6.45) is 3.52. The summed E-state index contributed by atoms with van der Waals surface area (Å²) in [6.45, 7) is 4.04. The van der Waals surface area contributed by atoms with Crippen LogP contribution in [0.1, 0.15) is 25.6 Å². The molecule has 2 rings (SSSR count). The Morgan fingerprint density at radius 1 is 1.38 bits per heavy atom. The molecular formula is C10H10BrClN4. The molecule has 0 amide bonds. The molecule has 0 atom stereocenters. The van der Waals surface area contributed by atoms with Crippen molar-refractivity contribution in [2.24, 2.45) is 0 Å². The van der Waals surface area contributed by atoms with Crippen molar-refractivity contribution in [1.82, 2.24) is 19.7 Å². The Hall–Kier alpha value is -0.940. The van der Waals surface area contributed by atoms with Crippen LogP contribution in [0.25, 0.3) is 5.82 Å². The SMILES string of the molecule is CC(C)c1nc(Cl)cc(-n2cc(Br)cn2)n1. The Morgan fingerprint density at radius 2 is 2.12 bits per heavy atom. The Labute approximate surface area is 107 Å². The van der Waals surface area contributed by atoms with Gasteiger partial charge in [0, 0.05) is 18.2 Å². The summed E-state index contributed by atoms with van der Waals surface area (Å²) in [7, 11) is 0. The van der Waals surface area contributed by atoms with Gasteiger partial charge >= 0.3 is 0 Å². The summed E-state index contributed by atoms with van der Waals surface area (Å²) in [5, 5.41) is 4.58. The van der Waals surface area contributed by atoms with Gasteiger partial charge in [-0.3, -0.25) is 0 Å². The van der Waals surface area contributed by atoms with Crippen molar-refractivity contribution in [2.75, 3.05) is 0 Å². The summed E-state index contributed by atoms with van der Waals surface area (Å²) in [5.41, 5.74) is 0. The first-order valence-corrected chi connectivity index (χ1v) is 5.98. The minimum absolute atomic E-state index is 0.233. The number of nitrogens with zero attached hydrogens (tertiary/aromatic N) is 4. The predicted molar refractivity (Wildman–Crippen MR) is 66.0 cm³/mol. The van der Waals surface area contributed by atoms with Crippen molar-refractivity contribution < 1.29 is 0 Å². The molecule has 0 spiro atoms. The van der Waals surface area contributed by atoms with E-state index in [0.717, 1.165) is 4.47 Å². The molecule has 2 heterocycles. The van der Waals surface area contributed by atoms with Gasteiger partial charge in [0.25, 0.3) is 0 Å². The van der Waals surface area contributed by atoms with Crippen LogP contribution in [0.4, 0.5) is 0 Å². The van der Waals surface area contributed by atoms with Crippen LogP contribution in [0.5, 0.6) is 0 Å². The summed E-state index contributed by atoms with van der Waals surface area (Å²) in [4.78, 5) is 8.57. The summed E-state index contributed by atoms with van der Waals surface area (Å²) in [6, 6.07) is 1.69. The molecule has 0 saturated heterocycles. The summed E-state index contributed by atoms with van der Waals surface area (Å²) in [5.74, 6) is 1.62. The van der Waals surface area contributed by atoms with Crippen LogP contribution < -0.4 is 0 Å². The maximum atomic E-state index is 5.95. The van der Waals surface area contributed by atoms with Crippen LogP contribution in [0.3, 0.4) is 0 Å². The van der Waals surface area contributed by atoms with E-state index < -0.39 is 0 Å². The molecule has 2 aromatic rings. The smallest absolute Gasteiger partial charge is 0.158 e. The normalized spacial score (nSPS) is 11.1. The highest BCUT2D eigenvalue weighted by atomic mass is 79.9.